The maximum Gasteiger partial charge on any atom is 0.232 e. The van der Waals surface area contributed by atoms with Gasteiger partial charge in [0.1, 0.15) is 0 Å². The quantitative estimate of drug-likeness (QED) is 0.720. The highest BCUT2D eigenvalue weighted by atomic mass is 16.2. The van der Waals surface area contributed by atoms with Crippen molar-refractivity contribution in [1.82, 2.24) is 4.90 Å². The van der Waals surface area contributed by atoms with Crippen molar-refractivity contribution in [2.45, 2.75) is 33.1 Å². The molecule has 2 unspecified atom stereocenters. The SMILES string of the molecule is CC(C)(CN)CN1C(=O)C2CCC(C2)C1=O. The first kappa shape index (κ1) is 11.6. The van der Waals surface area contributed by atoms with E-state index in [1.165, 1.54) is 4.90 Å². The predicted molar refractivity (Wildman–Crippen MR) is 60.4 cm³/mol. The fraction of sp³-hybridized carbons (Fsp3) is 0.833. The number of fused-ring (bicyclic) bond motifs is 2. The van der Waals surface area contributed by atoms with Crippen molar-refractivity contribution in [3.05, 3.63) is 0 Å². The van der Waals surface area contributed by atoms with Gasteiger partial charge in [0.15, 0.2) is 0 Å². The molecule has 90 valence electrons. The molecule has 16 heavy (non-hydrogen) atoms. The second kappa shape index (κ2) is 3.84. The number of likely N-dealkylation sites (tertiary alicyclic amines) is 1. The van der Waals surface area contributed by atoms with Crippen molar-refractivity contribution in [2.75, 3.05) is 13.1 Å². The van der Waals surface area contributed by atoms with Gasteiger partial charge in [0.05, 0.1) is 0 Å². The van der Waals surface area contributed by atoms with Crippen molar-refractivity contribution in [3.63, 3.8) is 0 Å². The maximum atomic E-state index is 12.1. The van der Waals surface area contributed by atoms with Crippen LogP contribution in [0.3, 0.4) is 0 Å². The highest BCUT2D eigenvalue weighted by Gasteiger charge is 2.46. The maximum absolute atomic E-state index is 12.1. The molecule has 1 saturated heterocycles. The van der Waals surface area contributed by atoms with E-state index >= 15 is 0 Å². The van der Waals surface area contributed by atoms with Crippen LogP contribution in [0.4, 0.5) is 0 Å². The van der Waals surface area contributed by atoms with E-state index in [9.17, 15) is 9.59 Å². The number of piperidine rings is 1. The summed E-state index contributed by atoms with van der Waals surface area (Å²) in [5, 5.41) is 0. The molecule has 1 heterocycles. The molecule has 0 aromatic carbocycles. The van der Waals surface area contributed by atoms with Gasteiger partial charge in [-0.1, -0.05) is 13.8 Å². The number of hydrogen-bond donors (Lipinski definition) is 1. The average molecular weight is 224 g/mol. The van der Waals surface area contributed by atoms with Crippen LogP contribution in [0.2, 0.25) is 0 Å². The molecule has 2 N–H and O–H groups in total. The molecule has 1 aliphatic carbocycles. The molecule has 2 amide bonds. The van der Waals surface area contributed by atoms with Gasteiger partial charge in [0.25, 0.3) is 0 Å². The van der Waals surface area contributed by atoms with Crippen LogP contribution in [0.1, 0.15) is 33.1 Å². The predicted octanol–water partition coefficient (Wildman–Crippen LogP) is 0.756. The number of imide groups is 1. The summed E-state index contributed by atoms with van der Waals surface area (Å²) in [4.78, 5) is 25.6. The van der Waals surface area contributed by atoms with E-state index in [-0.39, 0.29) is 29.1 Å². The van der Waals surface area contributed by atoms with Gasteiger partial charge in [-0.2, -0.15) is 0 Å². The third kappa shape index (κ3) is 1.86. The van der Waals surface area contributed by atoms with Gasteiger partial charge in [-0.05, 0) is 31.2 Å². The first-order chi connectivity index (χ1) is 7.44. The van der Waals surface area contributed by atoms with Crippen molar-refractivity contribution in [2.24, 2.45) is 23.0 Å². The van der Waals surface area contributed by atoms with Crippen molar-refractivity contribution < 1.29 is 9.59 Å². The molecule has 4 nitrogen and oxygen atoms in total. The van der Waals surface area contributed by atoms with Crippen LogP contribution in [-0.4, -0.2) is 29.8 Å². The summed E-state index contributed by atoms with van der Waals surface area (Å²) >= 11 is 0. The van der Waals surface area contributed by atoms with Crippen molar-refractivity contribution in [3.8, 4) is 0 Å². The van der Waals surface area contributed by atoms with E-state index in [0.29, 0.717) is 13.1 Å². The van der Waals surface area contributed by atoms with E-state index in [1.807, 2.05) is 13.8 Å². The second-order valence-electron chi connectivity index (χ2n) is 5.84. The largest absolute Gasteiger partial charge is 0.330 e. The Morgan fingerprint density at radius 1 is 1.25 bits per heavy atom. The number of nitrogens with two attached hydrogens (primary N) is 1. The van der Waals surface area contributed by atoms with Gasteiger partial charge in [0.2, 0.25) is 11.8 Å². The Bertz CT molecular complexity index is 303. The topological polar surface area (TPSA) is 63.4 Å². The summed E-state index contributed by atoms with van der Waals surface area (Å²) in [6, 6.07) is 0. The van der Waals surface area contributed by atoms with Gasteiger partial charge < -0.3 is 5.73 Å². The zero-order valence-corrected chi connectivity index (χ0v) is 10.0. The van der Waals surface area contributed by atoms with Gasteiger partial charge >= 0.3 is 0 Å². The van der Waals surface area contributed by atoms with Gasteiger partial charge in [0, 0.05) is 18.4 Å². The smallest absolute Gasteiger partial charge is 0.232 e. The Morgan fingerprint density at radius 2 is 1.75 bits per heavy atom. The molecular formula is C12H20N2O2. The molecule has 2 bridgehead atoms. The normalized spacial score (nSPS) is 30.1. The first-order valence-corrected chi connectivity index (χ1v) is 6.00. The zero-order valence-electron chi connectivity index (χ0n) is 10.0. The highest BCUT2D eigenvalue weighted by Crippen LogP contribution is 2.38. The summed E-state index contributed by atoms with van der Waals surface area (Å²) in [6.07, 6.45) is 2.54. The standard InChI is InChI=1S/C12H20N2O2/c1-12(2,6-13)7-14-10(15)8-3-4-9(5-8)11(14)16/h8-9H,3-7,13H2,1-2H3. The van der Waals surface area contributed by atoms with Crippen LogP contribution in [-0.2, 0) is 9.59 Å². The van der Waals surface area contributed by atoms with Crippen molar-refractivity contribution >= 4 is 11.8 Å². The molecule has 2 fully saturated rings. The summed E-state index contributed by atoms with van der Waals surface area (Å²) in [7, 11) is 0. The van der Waals surface area contributed by atoms with Crippen LogP contribution < -0.4 is 5.73 Å². The molecular weight excluding hydrogens is 204 g/mol. The number of amides is 2. The lowest BCUT2D eigenvalue weighted by molar-refractivity contribution is -0.154. The number of nitrogens with zero attached hydrogens (tertiary/aromatic N) is 1. The van der Waals surface area contributed by atoms with Gasteiger partial charge in [-0.25, -0.2) is 0 Å². The number of carbonyl (C=O) groups is 2. The minimum atomic E-state index is -0.178. The second-order valence-corrected chi connectivity index (χ2v) is 5.84. The Morgan fingerprint density at radius 3 is 2.19 bits per heavy atom. The van der Waals surface area contributed by atoms with Crippen LogP contribution in [0.25, 0.3) is 0 Å². The molecule has 2 atom stereocenters. The lowest BCUT2D eigenvalue weighted by atomic mass is 9.89. The molecule has 2 aliphatic rings. The fourth-order valence-electron chi connectivity index (χ4n) is 2.63. The lowest BCUT2D eigenvalue weighted by Crippen LogP contribution is -2.51. The minimum Gasteiger partial charge on any atom is -0.330 e. The molecule has 4 heteroatoms. The van der Waals surface area contributed by atoms with Crippen LogP contribution in [0, 0.1) is 17.3 Å². The fourth-order valence-corrected chi connectivity index (χ4v) is 2.63. The molecule has 1 saturated carbocycles. The molecule has 0 aromatic heterocycles. The third-order valence-electron chi connectivity index (χ3n) is 3.80. The van der Waals surface area contributed by atoms with Crippen LogP contribution >= 0.6 is 0 Å². The average Bonchev–Trinajstić information content (AvgIpc) is 2.69. The summed E-state index contributed by atoms with van der Waals surface area (Å²) in [5.41, 5.74) is 5.47. The van der Waals surface area contributed by atoms with E-state index < -0.39 is 0 Å². The first-order valence-electron chi connectivity index (χ1n) is 6.00. The monoisotopic (exact) mass is 224 g/mol. The Balaban J connectivity index is 2.14. The van der Waals surface area contributed by atoms with E-state index in [0.717, 1.165) is 19.3 Å². The summed E-state index contributed by atoms with van der Waals surface area (Å²) < 4.78 is 0. The number of rotatable bonds is 3. The van der Waals surface area contributed by atoms with Gasteiger partial charge in [-0.15, -0.1) is 0 Å². The third-order valence-corrected chi connectivity index (χ3v) is 3.80. The van der Waals surface area contributed by atoms with Crippen LogP contribution in [0.5, 0.6) is 0 Å². The van der Waals surface area contributed by atoms with Crippen LogP contribution in [0.15, 0.2) is 0 Å². The Labute approximate surface area is 96.2 Å². The number of hydrogen-bond acceptors (Lipinski definition) is 3. The molecule has 0 aromatic rings. The zero-order chi connectivity index (χ0) is 11.9. The van der Waals surface area contributed by atoms with Crippen molar-refractivity contribution in [1.29, 1.82) is 0 Å². The molecule has 1 aliphatic heterocycles. The molecule has 2 rings (SSSR count). The number of carbonyl (C=O) groups excluding carboxylic acids is 2. The molecule has 0 radical (unpaired) electrons. The summed E-state index contributed by atoms with van der Waals surface area (Å²) in [5.74, 6) is 0.244. The summed E-state index contributed by atoms with van der Waals surface area (Å²) in [6.45, 7) is 4.93. The Kier molecular flexibility index (Phi) is 2.78. The lowest BCUT2D eigenvalue weighted by Gasteiger charge is -2.35. The minimum absolute atomic E-state index is 0.0280. The van der Waals surface area contributed by atoms with Gasteiger partial charge in [-0.3, -0.25) is 14.5 Å². The van der Waals surface area contributed by atoms with E-state index in [4.69, 9.17) is 5.73 Å². The Hall–Kier alpha value is -0.900. The van der Waals surface area contributed by atoms with E-state index in [1.54, 1.807) is 0 Å². The highest BCUT2D eigenvalue weighted by molar-refractivity contribution is 6.00. The molecule has 0 spiro atoms. The van der Waals surface area contributed by atoms with E-state index in [2.05, 4.69) is 0 Å².